The Morgan fingerprint density at radius 3 is 2.72 bits per heavy atom. The minimum absolute atomic E-state index is 0.166. The molecule has 1 aromatic heterocycles. The first-order valence-electron chi connectivity index (χ1n) is 12.1. The highest BCUT2D eigenvalue weighted by molar-refractivity contribution is 7.81. The second-order valence-corrected chi connectivity index (χ2v) is 11.5. The normalized spacial score (nSPS) is 28.3. The first-order valence-corrected chi connectivity index (χ1v) is 12.6. The van der Waals surface area contributed by atoms with Gasteiger partial charge in [-0.3, -0.25) is 9.48 Å². The van der Waals surface area contributed by atoms with Crippen LogP contribution in [0.1, 0.15) is 46.7 Å². The number of alkyl carbamates (subject to hydrolysis) is 1. The molecule has 0 aromatic carbocycles. The van der Waals surface area contributed by atoms with E-state index in [1.54, 1.807) is 31.6 Å². The first-order chi connectivity index (χ1) is 16.9. The molecule has 1 aromatic rings. The number of rotatable bonds is 10. The minimum atomic E-state index is -0.792. The number of carbonyl (C=O) groups excluding carboxylic acids is 3. The maximum absolute atomic E-state index is 13.0. The van der Waals surface area contributed by atoms with Crippen LogP contribution in [0.5, 0.6) is 0 Å². The third kappa shape index (κ3) is 5.78. The van der Waals surface area contributed by atoms with Gasteiger partial charge < -0.3 is 29.2 Å². The summed E-state index contributed by atoms with van der Waals surface area (Å²) in [7, 11) is 0. The van der Waals surface area contributed by atoms with Crippen LogP contribution in [-0.4, -0.2) is 92.8 Å². The van der Waals surface area contributed by atoms with Crippen molar-refractivity contribution in [2.45, 2.75) is 89.3 Å². The Bertz CT molecular complexity index is 990. The largest absolute Gasteiger partial charge is 0.464 e. The lowest BCUT2D eigenvalue weighted by Gasteiger charge is -2.45. The summed E-state index contributed by atoms with van der Waals surface area (Å²) in [5.74, 6) is -0.830. The average Bonchev–Trinajstić information content (AvgIpc) is 3.45. The molecule has 4 rings (SSSR count). The average molecular weight is 526 g/mol. The lowest BCUT2D eigenvalue weighted by Crippen LogP contribution is -2.72. The van der Waals surface area contributed by atoms with Gasteiger partial charge in [0, 0.05) is 23.6 Å². The number of esters is 1. The molecule has 3 saturated heterocycles. The number of hydrogen-bond donors (Lipinski definition) is 2. The van der Waals surface area contributed by atoms with E-state index in [1.165, 1.54) is 4.90 Å². The van der Waals surface area contributed by atoms with Crippen LogP contribution in [0.25, 0.3) is 0 Å². The van der Waals surface area contributed by atoms with Crippen molar-refractivity contribution < 1.29 is 33.3 Å². The zero-order valence-electron chi connectivity index (χ0n) is 21.3. The van der Waals surface area contributed by atoms with Crippen molar-refractivity contribution in [3.8, 4) is 0 Å². The van der Waals surface area contributed by atoms with Crippen LogP contribution in [0, 0.1) is 5.41 Å². The van der Waals surface area contributed by atoms with Gasteiger partial charge in [0.25, 0.3) is 0 Å². The second kappa shape index (κ2) is 10.2. The fourth-order valence-electron chi connectivity index (χ4n) is 4.58. The van der Waals surface area contributed by atoms with Gasteiger partial charge in [-0.1, -0.05) is 19.1 Å². The molecule has 2 unspecified atom stereocenters. The fourth-order valence-corrected chi connectivity index (χ4v) is 5.03. The molecule has 0 spiro atoms. The lowest BCUT2D eigenvalue weighted by molar-refractivity contribution is -0.165. The van der Waals surface area contributed by atoms with E-state index in [0.29, 0.717) is 26.2 Å². The molecule has 0 saturated carbocycles. The van der Waals surface area contributed by atoms with Gasteiger partial charge in [-0.05, 0) is 20.8 Å². The van der Waals surface area contributed by atoms with Gasteiger partial charge in [0.1, 0.15) is 29.5 Å². The van der Waals surface area contributed by atoms with E-state index in [4.69, 9.17) is 31.6 Å². The number of hydrogen-bond acceptors (Lipinski definition) is 10. The number of aryl methyl sites for hydroxylation is 1. The van der Waals surface area contributed by atoms with Crippen molar-refractivity contribution >= 4 is 30.6 Å². The molecular formula is C23H35N5O7S. The summed E-state index contributed by atoms with van der Waals surface area (Å²) in [6.07, 6.45) is 1.85. The van der Waals surface area contributed by atoms with Gasteiger partial charge in [0.2, 0.25) is 5.91 Å². The number of nitrogens with zero attached hydrogens (tertiary/aromatic N) is 4. The minimum Gasteiger partial charge on any atom is -0.464 e. The highest BCUT2D eigenvalue weighted by Crippen LogP contribution is 2.50. The Balaban J connectivity index is 1.25. The van der Waals surface area contributed by atoms with Crippen LogP contribution in [0.2, 0.25) is 0 Å². The van der Waals surface area contributed by atoms with Gasteiger partial charge in [0.05, 0.1) is 38.7 Å². The molecule has 0 bridgehead atoms. The standard InChI is InChI=1S/C23H35N5O7S/c1-22(2,3)35-21(31)24-15-16-18(36)23(4,5)17(28(16)19(15)29)20(30)33-8-6-7-27-9-13(25-26-27)10-32-11-14-12-34-14/h9,14-18,36H,6-8,10-12H2,1-5H3,(H,24,31)/t14?,15-,16-,17-,18?/m1/s1. The summed E-state index contributed by atoms with van der Waals surface area (Å²) in [6, 6.07) is -2.01. The number of thiol groups is 1. The van der Waals surface area contributed by atoms with Crippen LogP contribution >= 0.6 is 12.6 Å². The molecule has 200 valence electrons. The summed E-state index contributed by atoms with van der Waals surface area (Å²) in [4.78, 5) is 39.6. The molecule has 0 radical (unpaired) electrons. The maximum Gasteiger partial charge on any atom is 0.408 e. The molecule has 5 atom stereocenters. The number of ether oxygens (including phenoxy) is 4. The molecule has 3 aliphatic heterocycles. The van der Waals surface area contributed by atoms with Crippen LogP contribution < -0.4 is 5.32 Å². The number of amides is 2. The fraction of sp³-hybridized carbons (Fsp3) is 0.783. The van der Waals surface area contributed by atoms with Crippen molar-refractivity contribution in [2.75, 3.05) is 19.8 Å². The van der Waals surface area contributed by atoms with Gasteiger partial charge in [-0.2, -0.15) is 12.6 Å². The SMILES string of the molecule is CC(C)(C)OC(=O)N[C@H]1C(=O)N2[C@H]1C(S)C(C)(C)[C@H]2C(=O)OCCCn1cc(COCC2CO2)nn1. The Morgan fingerprint density at radius 1 is 1.33 bits per heavy atom. The molecule has 36 heavy (non-hydrogen) atoms. The summed E-state index contributed by atoms with van der Waals surface area (Å²) in [6.45, 7) is 11.3. The number of carbonyl (C=O) groups is 3. The topological polar surface area (TPSA) is 137 Å². The Labute approximate surface area is 215 Å². The Hall–Kier alpha value is -2.38. The van der Waals surface area contributed by atoms with E-state index < -0.39 is 41.2 Å². The van der Waals surface area contributed by atoms with E-state index in [9.17, 15) is 14.4 Å². The van der Waals surface area contributed by atoms with E-state index in [2.05, 4.69) is 15.6 Å². The number of aromatic nitrogens is 3. The van der Waals surface area contributed by atoms with Crippen molar-refractivity contribution in [3.05, 3.63) is 11.9 Å². The summed E-state index contributed by atoms with van der Waals surface area (Å²) >= 11 is 4.71. The van der Waals surface area contributed by atoms with Gasteiger partial charge in [0.15, 0.2) is 0 Å². The molecule has 3 aliphatic rings. The van der Waals surface area contributed by atoms with Crippen molar-refractivity contribution in [3.63, 3.8) is 0 Å². The van der Waals surface area contributed by atoms with E-state index in [-0.39, 0.29) is 23.9 Å². The van der Waals surface area contributed by atoms with E-state index in [0.717, 1.165) is 12.3 Å². The zero-order chi connectivity index (χ0) is 26.3. The molecule has 3 fully saturated rings. The van der Waals surface area contributed by atoms with Crippen molar-refractivity contribution in [2.24, 2.45) is 5.41 Å². The van der Waals surface area contributed by atoms with Crippen molar-refractivity contribution in [1.29, 1.82) is 0 Å². The highest BCUT2D eigenvalue weighted by Gasteiger charge is 2.68. The molecule has 0 aliphatic carbocycles. The quantitative estimate of drug-likeness (QED) is 0.150. The Kier molecular flexibility index (Phi) is 7.54. The third-order valence-electron chi connectivity index (χ3n) is 6.47. The molecule has 2 amide bonds. The van der Waals surface area contributed by atoms with Crippen LogP contribution in [0.15, 0.2) is 6.20 Å². The predicted octanol–water partition coefficient (Wildman–Crippen LogP) is 0.938. The van der Waals surface area contributed by atoms with E-state index in [1.807, 2.05) is 13.8 Å². The number of fused-ring (bicyclic) bond motifs is 1. The molecule has 1 N–H and O–H groups in total. The number of β-lactam (4-membered cyclic amide) rings is 1. The second-order valence-electron chi connectivity index (χ2n) is 11.0. The van der Waals surface area contributed by atoms with Crippen molar-refractivity contribution in [1.82, 2.24) is 25.2 Å². The predicted molar refractivity (Wildman–Crippen MR) is 129 cm³/mol. The van der Waals surface area contributed by atoms with Crippen LogP contribution in [0.4, 0.5) is 4.79 Å². The van der Waals surface area contributed by atoms with Crippen LogP contribution in [0.3, 0.4) is 0 Å². The van der Waals surface area contributed by atoms with E-state index >= 15 is 0 Å². The smallest absolute Gasteiger partial charge is 0.408 e. The summed E-state index contributed by atoms with van der Waals surface area (Å²) in [5.41, 5.74) is -0.625. The Morgan fingerprint density at radius 2 is 2.06 bits per heavy atom. The third-order valence-corrected chi connectivity index (χ3v) is 7.44. The molecule has 4 heterocycles. The maximum atomic E-state index is 13.0. The monoisotopic (exact) mass is 525 g/mol. The van der Waals surface area contributed by atoms with Gasteiger partial charge >= 0.3 is 12.1 Å². The highest BCUT2D eigenvalue weighted by atomic mass is 32.1. The lowest BCUT2D eigenvalue weighted by atomic mass is 9.82. The number of nitrogens with one attached hydrogen (secondary N) is 1. The summed E-state index contributed by atoms with van der Waals surface area (Å²) < 4.78 is 23.1. The van der Waals surface area contributed by atoms with Crippen LogP contribution in [-0.2, 0) is 41.7 Å². The number of epoxide rings is 1. The first kappa shape index (κ1) is 26.7. The van der Waals surface area contributed by atoms with Gasteiger partial charge in [-0.25, -0.2) is 9.59 Å². The summed E-state index contributed by atoms with van der Waals surface area (Å²) in [5, 5.41) is 10.4. The molecule has 13 heteroatoms. The molecular weight excluding hydrogens is 490 g/mol. The van der Waals surface area contributed by atoms with Gasteiger partial charge in [-0.15, -0.1) is 5.10 Å². The molecule has 12 nitrogen and oxygen atoms in total. The zero-order valence-corrected chi connectivity index (χ0v) is 22.2.